The molecule has 0 saturated heterocycles. The molecule has 4 rings (SSSR count). The van der Waals surface area contributed by atoms with E-state index in [1.807, 2.05) is 39.0 Å². The zero-order valence-electron chi connectivity index (χ0n) is 28.6. The Bertz CT molecular complexity index is 1490. The highest BCUT2D eigenvalue weighted by molar-refractivity contribution is 5.83. The van der Waals surface area contributed by atoms with Crippen molar-refractivity contribution in [2.75, 3.05) is 27.4 Å². The first-order valence-corrected chi connectivity index (χ1v) is 16.7. The van der Waals surface area contributed by atoms with Gasteiger partial charge in [0.05, 0.1) is 32.8 Å². The van der Waals surface area contributed by atoms with Crippen molar-refractivity contribution in [3.05, 3.63) is 46.1 Å². The smallest absolute Gasteiger partial charge is 0.407 e. The lowest BCUT2D eigenvalue weighted by molar-refractivity contribution is 0.0487. The summed E-state index contributed by atoms with van der Waals surface area (Å²) in [7, 11) is 3.15. The van der Waals surface area contributed by atoms with Gasteiger partial charge in [-0.3, -0.25) is 4.79 Å². The van der Waals surface area contributed by atoms with Crippen molar-refractivity contribution >= 4 is 17.1 Å². The second kappa shape index (κ2) is 16.1. The van der Waals surface area contributed by atoms with Crippen LogP contribution in [0.5, 0.6) is 23.0 Å². The Balaban J connectivity index is 1.62. The summed E-state index contributed by atoms with van der Waals surface area (Å²) in [5, 5.41) is 3.49. The highest BCUT2D eigenvalue weighted by Gasteiger charge is 2.26. The average Bonchev–Trinajstić information content (AvgIpc) is 3.02. The van der Waals surface area contributed by atoms with E-state index in [0.29, 0.717) is 58.7 Å². The molecule has 2 aromatic carbocycles. The van der Waals surface area contributed by atoms with E-state index in [0.717, 1.165) is 63.4 Å². The molecule has 9 heteroatoms. The van der Waals surface area contributed by atoms with Gasteiger partial charge in [-0.2, -0.15) is 0 Å². The lowest BCUT2D eigenvalue weighted by Crippen LogP contribution is -2.41. The Kier molecular flexibility index (Phi) is 12.2. The van der Waals surface area contributed by atoms with E-state index in [2.05, 4.69) is 19.2 Å². The molecule has 1 saturated carbocycles. The maximum atomic E-state index is 13.9. The zero-order chi connectivity index (χ0) is 33.3. The van der Waals surface area contributed by atoms with E-state index in [4.69, 9.17) is 28.1 Å². The normalized spacial score (nSPS) is 16.6. The van der Waals surface area contributed by atoms with Crippen molar-refractivity contribution in [1.82, 2.24) is 5.32 Å². The van der Waals surface area contributed by atoms with Crippen molar-refractivity contribution in [2.24, 2.45) is 5.92 Å². The van der Waals surface area contributed by atoms with Crippen LogP contribution in [0.4, 0.5) is 4.79 Å². The van der Waals surface area contributed by atoms with Gasteiger partial charge in [0.25, 0.3) is 0 Å². The molecule has 1 aliphatic carbocycles. The van der Waals surface area contributed by atoms with Gasteiger partial charge in [-0.05, 0) is 101 Å². The first-order chi connectivity index (χ1) is 22.1. The second-order valence-corrected chi connectivity index (χ2v) is 13.1. The Labute approximate surface area is 272 Å². The van der Waals surface area contributed by atoms with Gasteiger partial charge in [0, 0.05) is 11.6 Å². The second-order valence-electron chi connectivity index (χ2n) is 13.1. The van der Waals surface area contributed by atoms with Crippen molar-refractivity contribution in [3.8, 4) is 34.3 Å². The molecule has 252 valence electrons. The Morgan fingerprint density at radius 2 is 1.50 bits per heavy atom. The lowest BCUT2D eigenvalue weighted by atomic mass is 9.82. The topological polar surface area (TPSA) is 105 Å². The molecule has 9 nitrogen and oxygen atoms in total. The van der Waals surface area contributed by atoms with Crippen LogP contribution in [0.3, 0.4) is 0 Å². The Morgan fingerprint density at radius 1 is 0.891 bits per heavy atom. The quantitative estimate of drug-likeness (QED) is 0.176. The molecule has 0 unspecified atom stereocenters. The molecule has 1 fully saturated rings. The van der Waals surface area contributed by atoms with Crippen LogP contribution in [0.2, 0.25) is 0 Å². The van der Waals surface area contributed by atoms with Gasteiger partial charge in [0.1, 0.15) is 11.2 Å². The molecule has 0 aliphatic heterocycles. The van der Waals surface area contributed by atoms with Crippen LogP contribution < -0.4 is 29.7 Å². The summed E-state index contributed by atoms with van der Waals surface area (Å²) < 4.78 is 35.4. The first kappa shape index (κ1) is 35.0. The first-order valence-electron chi connectivity index (χ1n) is 16.7. The van der Waals surface area contributed by atoms with Crippen LogP contribution in [-0.4, -0.2) is 45.2 Å². The summed E-state index contributed by atoms with van der Waals surface area (Å²) in [5.41, 5.74) is 1.47. The molecule has 0 radical (unpaired) electrons. The summed E-state index contributed by atoms with van der Waals surface area (Å²) in [4.78, 5) is 26.1. The van der Waals surface area contributed by atoms with E-state index >= 15 is 0 Å². The standard InChI is InChI=1S/C37H51NO8/c1-8-10-18-43-34-30(41-6)22-26(23-31(34)42-7)33-35(44-19-11-9-2)32(39)28-17-14-25(21-29(28)45-33)20-24-12-15-27(16-13-24)38-36(40)46-37(3,4)5/h14,17,21-24,27H,8-13,15-16,18-20H2,1-7H3,(H,38,40). The van der Waals surface area contributed by atoms with E-state index in [9.17, 15) is 9.59 Å². The fraction of sp³-hybridized carbons (Fsp3) is 0.568. The third-order valence-corrected chi connectivity index (χ3v) is 8.22. The number of methoxy groups -OCH3 is 2. The van der Waals surface area contributed by atoms with Crippen LogP contribution in [-0.2, 0) is 11.2 Å². The maximum Gasteiger partial charge on any atom is 0.407 e. The van der Waals surface area contributed by atoms with Crippen molar-refractivity contribution in [3.63, 3.8) is 0 Å². The highest BCUT2D eigenvalue weighted by atomic mass is 16.6. The minimum atomic E-state index is -0.515. The molecular formula is C37H51NO8. The molecular weight excluding hydrogens is 586 g/mol. The number of hydrogen-bond acceptors (Lipinski definition) is 8. The summed E-state index contributed by atoms with van der Waals surface area (Å²) in [6, 6.07) is 9.54. The van der Waals surface area contributed by atoms with Gasteiger partial charge < -0.3 is 33.4 Å². The molecule has 1 aliphatic rings. The number of fused-ring (bicyclic) bond motifs is 1. The number of benzene rings is 2. The summed E-state index contributed by atoms with van der Waals surface area (Å²) in [5.74, 6) is 2.45. The lowest BCUT2D eigenvalue weighted by Gasteiger charge is -2.30. The zero-order valence-corrected chi connectivity index (χ0v) is 28.6. The molecule has 3 aromatic rings. The number of hydrogen-bond donors (Lipinski definition) is 1. The molecule has 0 spiro atoms. The molecule has 1 amide bonds. The summed E-state index contributed by atoms with van der Waals surface area (Å²) in [6.45, 7) is 10.7. The Morgan fingerprint density at radius 3 is 2.07 bits per heavy atom. The fourth-order valence-electron chi connectivity index (χ4n) is 5.78. The number of ether oxygens (including phenoxy) is 5. The number of carbonyl (C=O) groups excluding carboxylic acids is 1. The number of amides is 1. The Hall–Kier alpha value is -3.88. The molecule has 46 heavy (non-hydrogen) atoms. The summed E-state index contributed by atoms with van der Waals surface area (Å²) >= 11 is 0. The highest BCUT2D eigenvalue weighted by Crippen LogP contribution is 2.44. The predicted octanol–water partition coefficient (Wildman–Crippen LogP) is 8.46. The van der Waals surface area contributed by atoms with Crippen molar-refractivity contribution in [2.45, 2.75) is 104 Å². The van der Waals surface area contributed by atoms with Crippen LogP contribution in [0, 0.1) is 5.92 Å². The SMILES string of the molecule is CCCCOc1c(OC)cc(-c2oc3cc(CC4CCC(NC(=O)OC(C)(C)C)CC4)ccc3c(=O)c2OCCCC)cc1OC. The number of alkyl carbamates (subject to hydrolysis) is 1. The minimum absolute atomic E-state index is 0.117. The molecule has 1 N–H and O–H groups in total. The number of nitrogens with one attached hydrogen (secondary N) is 1. The van der Waals surface area contributed by atoms with Gasteiger partial charge in [0.15, 0.2) is 17.3 Å². The van der Waals surface area contributed by atoms with Gasteiger partial charge in [-0.1, -0.05) is 32.8 Å². The maximum absolute atomic E-state index is 13.9. The van der Waals surface area contributed by atoms with E-state index < -0.39 is 5.60 Å². The molecule has 1 aromatic heterocycles. The van der Waals surface area contributed by atoms with E-state index in [1.165, 1.54) is 0 Å². The van der Waals surface area contributed by atoms with Crippen LogP contribution in [0.15, 0.2) is 39.5 Å². The number of rotatable bonds is 14. The minimum Gasteiger partial charge on any atom is -0.493 e. The fourth-order valence-corrected chi connectivity index (χ4v) is 5.78. The molecule has 1 heterocycles. The van der Waals surface area contributed by atoms with Gasteiger partial charge in [-0.25, -0.2) is 4.79 Å². The number of unbranched alkanes of at least 4 members (excludes halogenated alkanes) is 2. The van der Waals surface area contributed by atoms with Gasteiger partial charge >= 0.3 is 6.09 Å². The van der Waals surface area contributed by atoms with E-state index in [1.54, 1.807) is 26.4 Å². The molecule has 0 bridgehead atoms. The van der Waals surface area contributed by atoms with Crippen LogP contribution >= 0.6 is 0 Å². The van der Waals surface area contributed by atoms with Gasteiger partial charge in [-0.15, -0.1) is 0 Å². The van der Waals surface area contributed by atoms with Crippen molar-refractivity contribution < 1.29 is 32.9 Å². The number of carbonyl (C=O) groups is 1. The summed E-state index contributed by atoms with van der Waals surface area (Å²) in [6.07, 6.45) is 7.91. The van der Waals surface area contributed by atoms with Crippen LogP contribution in [0.1, 0.15) is 91.5 Å². The van der Waals surface area contributed by atoms with Crippen molar-refractivity contribution in [1.29, 1.82) is 0 Å². The third-order valence-electron chi connectivity index (χ3n) is 8.22. The largest absolute Gasteiger partial charge is 0.493 e. The average molecular weight is 638 g/mol. The van der Waals surface area contributed by atoms with Gasteiger partial charge in [0.2, 0.25) is 16.9 Å². The predicted molar refractivity (Wildman–Crippen MR) is 181 cm³/mol. The van der Waals surface area contributed by atoms with E-state index in [-0.39, 0.29) is 23.3 Å². The van der Waals surface area contributed by atoms with Crippen LogP contribution in [0.25, 0.3) is 22.3 Å². The third kappa shape index (κ3) is 9.10. The molecule has 0 atom stereocenters. The monoisotopic (exact) mass is 637 g/mol.